The molecule has 0 saturated carbocycles. The van der Waals surface area contributed by atoms with Crippen LogP contribution in [0.2, 0.25) is 0 Å². The Bertz CT molecular complexity index is 223. The van der Waals surface area contributed by atoms with Gasteiger partial charge in [0.25, 0.3) is 0 Å². The fourth-order valence-electron chi connectivity index (χ4n) is 2.09. The van der Waals surface area contributed by atoms with E-state index in [9.17, 15) is 4.79 Å². The lowest BCUT2D eigenvalue weighted by atomic mass is 10.1. The molecule has 0 aromatic carbocycles. The molecule has 1 atom stereocenters. The van der Waals surface area contributed by atoms with Crippen LogP contribution in [0.4, 0.5) is 4.79 Å². The highest BCUT2D eigenvalue weighted by Crippen LogP contribution is 2.10. The summed E-state index contributed by atoms with van der Waals surface area (Å²) in [6.07, 6.45) is 4.19. The van der Waals surface area contributed by atoms with Crippen LogP contribution in [0, 0.1) is 0 Å². The molecule has 5 nitrogen and oxygen atoms in total. The van der Waals surface area contributed by atoms with Gasteiger partial charge < -0.3 is 20.1 Å². The molecule has 2 rings (SSSR count). The first-order chi connectivity index (χ1) is 7.84. The van der Waals surface area contributed by atoms with Gasteiger partial charge >= 0.3 is 6.03 Å². The Labute approximate surface area is 95.9 Å². The van der Waals surface area contributed by atoms with Gasteiger partial charge in [-0.15, -0.1) is 0 Å². The minimum Gasteiger partial charge on any atom is -0.381 e. The van der Waals surface area contributed by atoms with Gasteiger partial charge in [-0.25, -0.2) is 4.79 Å². The summed E-state index contributed by atoms with van der Waals surface area (Å²) >= 11 is 0. The first kappa shape index (κ1) is 11.7. The van der Waals surface area contributed by atoms with Crippen LogP contribution in [0.1, 0.15) is 25.7 Å². The monoisotopic (exact) mass is 228 g/mol. The molecule has 0 radical (unpaired) electrons. The van der Waals surface area contributed by atoms with Crippen LogP contribution in [0.3, 0.4) is 0 Å². The van der Waals surface area contributed by atoms with Gasteiger partial charge in [-0.2, -0.15) is 0 Å². The van der Waals surface area contributed by atoms with Crippen LogP contribution in [0.5, 0.6) is 0 Å². The summed E-state index contributed by atoms with van der Waals surface area (Å²) in [6.45, 7) is 2.94. The van der Waals surface area contributed by atoms with Crippen molar-refractivity contribution in [1.82, 2.24) is 10.6 Å². The summed E-state index contributed by atoms with van der Waals surface area (Å²) in [6, 6.07) is 0.181. The van der Waals surface area contributed by atoms with Crippen LogP contribution in [0.15, 0.2) is 0 Å². The zero-order valence-electron chi connectivity index (χ0n) is 9.54. The van der Waals surface area contributed by atoms with Crippen LogP contribution in [-0.4, -0.2) is 44.5 Å². The molecule has 2 saturated heterocycles. The Kier molecular flexibility index (Phi) is 4.42. The Morgan fingerprint density at radius 1 is 1.19 bits per heavy atom. The van der Waals surface area contributed by atoms with E-state index in [1.54, 1.807) is 0 Å². The van der Waals surface area contributed by atoms with Gasteiger partial charge in [0.15, 0.2) is 0 Å². The minimum atomic E-state index is -0.0811. The molecule has 2 fully saturated rings. The normalized spacial score (nSPS) is 26.6. The maximum absolute atomic E-state index is 11.5. The van der Waals surface area contributed by atoms with Crippen molar-refractivity contribution in [3.05, 3.63) is 0 Å². The average molecular weight is 228 g/mol. The molecule has 2 heterocycles. The van der Waals surface area contributed by atoms with Gasteiger partial charge in [0.2, 0.25) is 0 Å². The Morgan fingerprint density at radius 2 is 2.00 bits per heavy atom. The number of amides is 2. The summed E-state index contributed by atoms with van der Waals surface area (Å²) in [4.78, 5) is 11.5. The summed E-state index contributed by atoms with van der Waals surface area (Å²) < 4.78 is 10.7. The second-order valence-corrected chi connectivity index (χ2v) is 4.38. The van der Waals surface area contributed by atoms with Crippen molar-refractivity contribution in [3.8, 4) is 0 Å². The Balaban J connectivity index is 1.59. The predicted molar refractivity (Wildman–Crippen MR) is 59.3 cm³/mol. The molecule has 0 bridgehead atoms. The molecule has 0 spiro atoms. The third kappa shape index (κ3) is 3.64. The predicted octanol–water partition coefficient (Wildman–Crippen LogP) is 0.644. The lowest BCUT2D eigenvalue weighted by Crippen LogP contribution is -2.46. The molecule has 2 aliphatic rings. The third-order valence-corrected chi connectivity index (χ3v) is 3.07. The van der Waals surface area contributed by atoms with Crippen molar-refractivity contribution in [3.63, 3.8) is 0 Å². The van der Waals surface area contributed by atoms with Crippen molar-refractivity contribution in [2.45, 2.75) is 37.8 Å². The average Bonchev–Trinajstić information content (AvgIpc) is 2.81. The van der Waals surface area contributed by atoms with Crippen LogP contribution in [-0.2, 0) is 9.47 Å². The smallest absolute Gasteiger partial charge is 0.315 e. The van der Waals surface area contributed by atoms with Crippen LogP contribution in [0.25, 0.3) is 0 Å². The van der Waals surface area contributed by atoms with Crippen LogP contribution >= 0.6 is 0 Å². The first-order valence-electron chi connectivity index (χ1n) is 6.08. The number of carbonyl (C=O) groups is 1. The van der Waals surface area contributed by atoms with E-state index in [1.807, 2.05) is 0 Å². The minimum absolute atomic E-state index is 0.0811. The zero-order valence-corrected chi connectivity index (χ0v) is 9.54. The van der Waals surface area contributed by atoms with Gasteiger partial charge in [0.05, 0.1) is 6.10 Å². The number of carbonyl (C=O) groups excluding carboxylic acids is 1. The lowest BCUT2D eigenvalue weighted by Gasteiger charge is -2.23. The molecule has 0 aromatic heterocycles. The second kappa shape index (κ2) is 6.06. The van der Waals surface area contributed by atoms with Crippen LogP contribution < -0.4 is 10.6 Å². The topological polar surface area (TPSA) is 59.6 Å². The molecule has 0 unspecified atom stereocenters. The summed E-state index contributed by atoms with van der Waals surface area (Å²) in [5, 5.41) is 5.81. The molecule has 2 aliphatic heterocycles. The number of rotatable bonds is 3. The third-order valence-electron chi connectivity index (χ3n) is 3.07. The SMILES string of the molecule is O=C(NC[C@H]1CCCO1)NC1CCOCC1. The maximum atomic E-state index is 11.5. The highest BCUT2D eigenvalue weighted by Gasteiger charge is 2.18. The van der Waals surface area contributed by atoms with Crippen molar-refractivity contribution in [2.75, 3.05) is 26.4 Å². The number of urea groups is 1. The standard InChI is InChI=1S/C11H20N2O3/c14-11(12-8-10-2-1-5-16-10)13-9-3-6-15-7-4-9/h9-10H,1-8H2,(H2,12,13,14)/t10-/m1/s1. The first-order valence-corrected chi connectivity index (χ1v) is 6.08. The highest BCUT2D eigenvalue weighted by atomic mass is 16.5. The van der Waals surface area contributed by atoms with E-state index in [2.05, 4.69) is 10.6 Å². The Morgan fingerprint density at radius 3 is 2.69 bits per heavy atom. The number of hydrogen-bond donors (Lipinski definition) is 2. The van der Waals surface area contributed by atoms with E-state index < -0.39 is 0 Å². The van der Waals surface area contributed by atoms with E-state index in [0.717, 1.165) is 45.5 Å². The van der Waals surface area contributed by atoms with Crippen molar-refractivity contribution in [1.29, 1.82) is 0 Å². The lowest BCUT2D eigenvalue weighted by molar-refractivity contribution is 0.0794. The van der Waals surface area contributed by atoms with Gasteiger partial charge in [0, 0.05) is 32.4 Å². The van der Waals surface area contributed by atoms with E-state index in [0.29, 0.717) is 6.54 Å². The second-order valence-electron chi connectivity index (χ2n) is 4.38. The highest BCUT2D eigenvalue weighted by molar-refractivity contribution is 5.74. The molecular formula is C11H20N2O3. The summed E-state index contributed by atoms with van der Waals surface area (Å²) in [5.41, 5.74) is 0. The quantitative estimate of drug-likeness (QED) is 0.745. The number of ether oxygens (including phenoxy) is 2. The molecular weight excluding hydrogens is 208 g/mol. The van der Waals surface area contributed by atoms with Crippen molar-refractivity contribution >= 4 is 6.03 Å². The molecule has 0 aliphatic carbocycles. The Hall–Kier alpha value is -0.810. The largest absolute Gasteiger partial charge is 0.381 e. The van der Waals surface area contributed by atoms with Gasteiger partial charge in [-0.05, 0) is 25.7 Å². The molecule has 92 valence electrons. The maximum Gasteiger partial charge on any atom is 0.315 e. The summed E-state index contributed by atoms with van der Waals surface area (Å²) in [5.74, 6) is 0. The zero-order chi connectivity index (χ0) is 11.2. The fraction of sp³-hybridized carbons (Fsp3) is 0.909. The molecule has 16 heavy (non-hydrogen) atoms. The molecule has 0 aromatic rings. The van der Waals surface area contributed by atoms with Gasteiger partial charge in [-0.3, -0.25) is 0 Å². The molecule has 5 heteroatoms. The fourth-order valence-corrected chi connectivity index (χ4v) is 2.09. The van der Waals surface area contributed by atoms with Gasteiger partial charge in [-0.1, -0.05) is 0 Å². The molecule has 2 amide bonds. The van der Waals surface area contributed by atoms with E-state index in [4.69, 9.17) is 9.47 Å². The van der Waals surface area contributed by atoms with E-state index in [-0.39, 0.29) is 18.2 Å². The number of hydrogen-bond acceptors (Lipinski definition) is 3. The van der Waals surface area contributed by atoms with Crippen molar-refractivity contribution in [2.24, 2.45) is 0 Å². The number of nitrogens with one attached hydrogen (secondary N) is 2. The van der Waals surface area contributed by atoms with E-state index >= 15 is 0 Å². The van der Waals surface area contributed by atoms with Gasteiger partial charge in [0.1, 0.15) is 0 Å². The molecule has 2 N–H and O–H groups in total. The van der Waals surface area contributed by atoms with E-state index in [1.165, 1.54) is 0 Å². The summed E-state index contributed by atoms with van der Waals surface area (Å²) in [7, 11) is 0. The van der Waals surface area contributed by atoms with Crippen molar-refractivity contribution < 1.29 is 14.3 Å².